The van der Waals surface area contributed by atoms with Crippen LogP contribution in [0, 0.1) is 17.7 Å². The minimum atomic E-state index is -0.0723. The lowest BCUT2D eigenvalue weighted by Gasteiger charge is -2.29. The first-order valence-electron chi connectivity index (χ1n) is 8.04. The van der Waals surface area contributed by atoms with Gasteiger partial charge >= 0.3 is 0 Å². The van der Waals surface area contributed by atoms with Crippen molar-refractivity contribution in [3.05, 3.63) is 34.1 Å². The molecule has 1 saturated carbocycles. The van der Waals surface area contributed by atoms with Crippen molar-refractivity contribution in [2.24, 2.45) is 11.8 Å². The largest absolute Gasteiger partial charge is 0.312 e. The van der Waals surface area contributed by atoms with E-state index in [4.69, 9.17) is 0 Å². The summed E-state index contributed by atoms with van der Waals surface area (Å²) in [5, 5.41) is 3.62. The Bertz CT molecular complexity index is 461. The van der Waals surface area contributed by atoms with Gasteiger partial charge in [-0.1, -0.05) is 41.6 Å². The molecule has 1 aromatic rings. The zero-order chi connectivity index (χ0) is 15.5. The zero-order valence-electron chi connectivity index (χ0n) is 13.4. The Hall–Kier alpha value is -0.410. The van der Waals surface area contributed by atoms with Crippen molar-refractivity contribution in [1.29, 1.82) is 0 Å². The standard InChI is InChI=1S/C18H27BrFN/c1-18(2,3)21-12-15(13-6-4-5-7-13)10-14-11-16(19)8-9-17(14)20/h8-9,11,13,15,21H,4-7,10,12H2,1-3H3. The predicted molar refractivity (Wildman–Crippen MR) is 91.0 cm³/mol. The summed E-state index contributed by atoms with van der Waals surface area (Å²) < 4.78 is 15.0. The number of hydrogen-bond donors (Lipinski definition) is 1. The van der Waals surface area contributed by atoms with E-state index in [0.717, 1.165) is 28.9 Å². The third-order valence-corrected chi connectivity index (χ3v) is 4.94. The van der Waals surface area contributed by atoms with Crippen molar-refractivity contribution in [2.75, 3.05) is 6.54 Å². The highest BCUT2D eigenvalue weighted by atomic mass is 79.9. The maximum Gasteiger partial charge on any atom is 0.126 e. The molecule has 1 aromatic carbocycles. The molecule has 1 fully saturated rings. The molecule has 3 heteroatoms. The van der Waals surface area contributed by atoms with E-state index in [1.165, 1.54) is 25.7 Å². The van der Waals surface area contributed by atoms with E-state index in [9.17, 15) is 4.39 Å². The number of halogens is 2. The van der Waals surface area contributed by atoms with Gasteiger partial charge in [0.1, 0.15) is 5.82 Å². The van der Waals surface area contributed by atoms with E-state index in [2.05, 4.69) is 42.0 Å². The Kier molecular flexibility index (Phi) is 5.84. The Morgan fingerprint density at radius 1 is 1.29 bits per heavy atom. The minimum Gasteiger partial charge on any atom is -0.312 e. The number of nitrogens with one attached hydrogen (secondary N) is 1. The Labute approximate surface area is 136 Å². The summed E-state index contributed by atoms with van der Waals surface area (Å²) in [5.74, 6) is 1.19. The maximum absolute atomic E-state index is 14.0. The second-order valence-corrected chi connectivity index (χ2v) is 8.29. The monoisotopic (exact) mass is 355 g/mol. The third kappa shape index (κ3) is 5.37. The molecule has 0 aliphatic heterocycles. The molecular formula is C18H27BrFN. The number of benzene rings is 1. The average molecular weight is 356 g/mol. The fraction of sp³-hybridized carbons (Fsp3) is 0.667. The van der Waals surface area contributed by atoms with E-state index in [1.807, 2.05) is 6.07 Å². The van der Waals surface area contributed by atoms with Crippen molar-refractivity contribution in [1.82, 2.24) is 5.32 Å². The van der Waals surface area contributed by atoms with Crippen molar-refractivity contribution >= 4 is 15.9 Å². The molecule has 0 saturated heterocycles. The first kappa shape index (κ1) is 17.0. The summed E-state index contributed by atoms with van der Waals surface area (Å²) in [6, 6.07) is 5.29. The summed E-state index contributed by atoms with van der Waals surface area (Å²) >= 11 is 3.46. The van der Waals surface area contributed by atoms with Gasteiger partial charge in [-0.3, -0.25) is 0 Å². The summed E-state index contributed by atoms with van der Waals surface area (Å²) in [7, 11) is 0. The Morgan fingerprint density at radius 3 is 2.57 bits per heavy atom. The van der Waals surface area contributed by atoms with E-state index in [1.54, 1.807) is 12.1 Å². The summed E-state index contributed by atoms with van der Waals surface area (Å²) in [6.45, 7) is 7.55. The first-order valence-corrected chi connectivity index (χ1v) is 8.83. The highest BCUT2D eigenvalue weighted by Crippen LogP contribution is 2.34. The second-order valence-electron chi connectivity index (χ2n) is 7.38. The highest BCUT2D eigenvalue weighted by Gasteiger charge is 2.27. The zero-order valence-corrected chi connectivity index (χ0v) is 15.0. The van der Waals surface area contributed by atoms with Gasteiger partial charge in [0.2, 0.25) is 0 Å². The molecule has 1 aliphatic carbocycles. The summed E-state index contributed by atoms with van der Waals surface area (Å²) in [4.78, 5) is 0. The van der Waals surface area contributed by atoms with Gasteiger partial charge < -0.3 is 5.32 Å². The van der Waals surface area contributed by atoms with Gasteiger partial charge in [-0.05, 0) is 69.3 Å². The van der Waals surface area contributed by atoms with E-state index >= 15 is 0 Å². The molecule has 1 unspecified atom stereocenters. The van der Waals surface area contributed by atoms with Crippen molar-refractivity contribution in [3.8, 4) is 0 Å². The predicted octanol–water partition coefficient (Wildman–Crippen LogP) is 5.33. The van der Waals surface area contributed by atoms with E-state index in [-0.39, 0.29) is 11.4 Å². The van der Waals surface area contributed by atoms with Gasteiger partial charge in [0.05, 0.1) is 0 Å². The van der Waals surface area contributed by atoms with Gasteiger partial charge in [0.25, 0.3) is 0 Å². The summed E-state index contributed by atoms with van der Waals surface area (Å²) in [5.41, 5.74) is 0.962. The lowest BCUT2D eigenvalue weighted by molar-refractivity contribution is 0.284. The van der Waals surface area contributed by atoms with Gasteiger partial charge in [-0.2, -0.15) is 0 Å². The lowest BCUT2D eigenvalue weighted by Crippen LogP contribution is -2.41. The number of rotatable bonds is 5. The van der Waals surface area contributed by atoms with Crippen LogP contribution < -0.4 is 5.32 Å². The fourth-order valence-electron chi connectivity index (χ4n) is 3.25. The molecule has 0 radical (unpaired) electrons. The Balaban J connectivity index is 2.09. The lowest BCUT2D eigenvalue weighted by atomic mass is 9.85. The molecule has 0 heterocycles. The molecule has 0 amide bonds. The maximum atomic E-state index is 14.0. The van der Waals surface area contributed by atoms with Crippen molar-refractivity contribution in [3.63, 3.8) is 0 Å². The van der Waals surface area contributed by atoms with Crippen LogP contribution in [0.25, 0.3) is 0 Å². The molecular weight excluding hydrogens is 329 g/mol. The second kappa shape index (κ2) is 7.23. The van der Waals surface area contributed by atoms with Crippen LogP contribution >= 0.6 is 15.9 Å². The molecule has 0 bridgehead atoms. The van der Waals surface area contributed by atoms with Crippen LogP contribution in [0.5, 0.6) is 0 Å². The number of hydrogen-bond acceptors (Lipinski definition) is 1. The van der Waals surface area contributed by atoms with Crippen LogP contribution in [0.3, 0.4) is 0 Å². The summed E-state index contributed by atoms with van der Waals surface area (Å²) in [6.07, 6.45) is 6.09. The molecule has 1 atom stereocenters. The third-order valence-electron chi connectivity index (χ3n) is 4.45. The van der Waals surface area contributed by atoms with Gasteiger partial charge in [-0.25, -0.2) is 4.39 Å². The van der Waals surface area contributed by atoms with Crippen molar-refractivity contribution in [2.45, 2.75) is 58.4 Å². The van der Waals surface area contributed by atoms with Crippen LogP contribution in [0.2, 0.25) is 0 Å². The van der Waals surface area contributed by atoms with Crippen LogP contribution in [-0.2, 0) is 6.42 Å². The van der Waals surface area contributed by atoms with Crippen LogP contribution in [-0.4, -0.2) is 12.1 Å². The fourth-order valence-corrected chi connectivity index (χ4v) is 3.66. The van der Waals surface area contributed by atoms with Crippen molar-refractivity contribution < 1.29 is 4.39 Å². The molecule has 1 aliphatic rings. The first-order chi connectivity index (χ1) is 9.85. The van der Waals surface area contributed by atoms with Gasteiger partial charge in [0.15, 0.2) is 0 Å². The SMILES string of the molecule is CC(C)(C)NCC(Cc1cc(Br)ccc1F)C1CCCC1. The highest BCUT2D eigenvalue weighted by molar-refractivity contribution is 9.10. The normalized spacial score (nSPS) is 18.1. The molecule has 21 heavy (non-hydrogen) atoms. The molecule has 2 rings (SSSR count). The topological polar surface area (TPSA) is 12.0 Å². The quantitative estimate of drug-likeness (QED) is 0.752. The average Bonchev–Trinajstić information content (AvgIpc) is 2.91. The smallest absolute Gasteiger partial charge is 0.126 e. The van der Waals surface area contributed by atoms with Gasteiger partial charge in [0, 0.05) is 10.0 Å². The molecule has 118 valence electrons. The van der Waals surface area contributed by atoms with E-state index in [0.29, 0.717) is 5.92 Å². The van der Waals surface area contributed by atoms with Crippen LogP contribution in [0.4, 0.5) is 4.39 Å². The van der Waals surface area contributed by atoms with Crippen LogP contribution in [0.15, 0.2) is 22.7 Å². The molecule has 1 N–H and O–H groups in total. The van der Waals surface area contributed by atoms with Gasteiger partial charge in [-0.15, -0.1) is 0 Å². The molecule has 0 spiro atoms. The molecule has 1 nitrogen and oxygen atoms in total. The Morgan fingerprint density at radius 2 is 1.95 bits per heavy atom. The minimum absolute atomic E-state index is 0.0723. The van der Waals surface area contributed by atoms with Crippen LogP contribution in [0.1, 0.15) is 52.0 Å². The van der Waals surface area contributed by atoms with E-state index < -0.39 is 0 Å². The molecule has 0 aromatic heterocycles.